The molecule has 0 aliphatic carbocycles. The van der Waals surface area contributed by atoms with E-state index in [1.165, 1.54) is 0 Å². The van der Waals surface area contributed by atoms with Crippen molar-refractivity contribution in [2.45, 2.75) is 41.5 Å². The van der Waals surface area contributed by atoms with Crippen LogP contribution in [0.25, 0.3) is 0 Å². The van der Waals surface area contributed by atoms with Gasteiger partial charge in [0.05, 0.1) is 6.61 Å². The van der Waals surface area contributed by atoms with Gasteiger partial charge in [-0.05, 0) is 17.3 Å². The molecule has 0 amide bonds. The zero-order valence-corrected chi connectivity index (χ0v) is 11.4. The van der Waals surface area contributed by atoms with Gasteiger partial charge in [-0.2, -0.15) is 0 Å². The van der Waals surface area contributed by atoms with Crippen molar-refractivity contribution >= 4 is 0 Å². The van der Waals surface area contributed by atoms with Crippen molar-refractivity contribution in [1.82, 2.24) is 5.32 Å². The summed E-state index contributed by atoms with van der Waals surface area (Å²) in [5, 5.41) is 3.46. The van der Waals surface area contributed by atoms with Crippen molar-refractivity contribution in [3.05, 3.63) is 0 Å². The van der Waals surface area contributed by atoms with Gasteiger partial charge in [-0.25, -0.2) is 0 Å². The molecule has 0 unspecified atom stereocenters. The first-order valence-corrected chi connectivity index (χ1v) is 6.14. The summed E-state index contributed by atoms with van der Waals surface area (Å²) in [5.41, 5.74) is 0.373. The highest BCUT2D eigenvalue weighted by Crippen LogP contribution is 2.24. The maximum atomic E-state index is 5.51. The Hall–Kier alpha value is -0.0800. The molecule has 0 bridgehead atoms. The first-order valence-electron chi connectivity index (χ1n) is 6.14. The Kier molecular flexibility index (Phi) is 7.20. The highest BCUT2D eigenvalue weighted by Gasteiger charge is 2.21. The summed E-state index contributed by atoms with van der Waals surface area (Å²) in [6.45, 7) is 17.2. The van der Waals surface area contributed by atoms with Crippen molar-refractivity contribution in [1.29, 1.82) is 0 Å². The molecule has 1 N–H and O–H groups in total. The number of hydrogen-bond acceptors (Lipinski definition) is 2. The minimum Gasteiger partial charge on any atom is -0.380 e. The molecule has 0 aromatic rings. The Bertz CT molecular complexity index is 153. The van der Waals surface area contributed by atoms with E-state index in [1.807, 2.05) is 0 Å². The molecule has 0 saturated heterocycles. The molecule has 2 nitrogen and oxygen atoms in total. The van der Waals surface area contributed by atoms with Crippen LogP contribution in [-0.4, -0.2) is 26.3 Å². The average Bonchev–Trinajstić information content (AvgIpc) is 2.10. The average molecular weight is 215 g/mol. The van der Waals surface area contributed by atoms with Crippen LogP contribution in [-0.2, 0) is 4.74 Å². The molecule has 15 heavy (non-hydrogen) atoms. The van der Waals surface area contributed by atoms with Gasteiger partial charge in [0.2, 0.25) is 0 Å². The molecule has 0 aliphatic rings. The third-order valence-corrected chi connectivity index (χ3v) is 3.02. The Balaban J connectivity index is 3.39. The minimum absolute atomic E-state index is 0.373. The molecular weight excluding hydrogens is 186 g/mol. The predicted octanol–water partition coefficient (Wildman–Crippen LogP) is 2.93. The lowest BCUT2D eigenvalue weighted by Gasteiger charge is -2.29. The SMILES string of the molecule is CC(C)COCCNCC(C)(C)C(C)C. The quantitative estimate of drug-likeness (QED) is 0.629. The third-order valence-electron chi connectivity index (χ3n) is 3.02. The number of ether oxygens (including phenoxy) is 1. The lowest BCUT2D eigenvalue weighted by atomic mass is 9.81. The van der Waals surface area contributed by atoms with Gasteiger partial charge < -0.3 is 10.1 Å². The normalized spacial score (nSPS) is 12.8. The molecular formula is C13H29NO. The maximum Gasteiger partial charge on any atom is 0.0591 e. The van der Waals surface area contributed by atoms with E-state index in [2.05, 4.69) is 46.9 Å². The Morgan fingerprint density at radius 3 is 2.20 bits per heavy atom. The Morgan fingerprint density at radius 2 is 1.73 bits per heavy atom. The number of nitrogens with one attached hydrogen (secondary N) is 1. The van der Waals surface area contributed by atoms with Crippen LogP contribution in [0.1, 0.15) is 41.5 Å². The fraction of sp³-hybridized carbons (Fsp3) is 1.00. The van der Waals surface area contributed by atoms with E-state index in [1.54, 1.807) is 0 Å². The fourth-order valence-electron chi connectivity index (χ4n) is 1.08. The Morgan fingerprint density at radius 1 is 1.13 bits per heavy atom. The van der Waals surface area contributed by atoms with E-state index in [-0.39, 0.29) is 0 Å². The molecule has 0 spiro atoms. The summed E-state index contributed by atoms with van der Waals surface area (Å²) in [5.74, 6) is 1.35. The summed E-state index contributed by atoms with van der Waals surface area (Å²) in [7, 11) is 0. The number of rotatable bonds is 8. The van der Waals surface area contributed by atoms with Crippen LogP contribution in [0, 0.1) is 17.3 Å². The Labute approximate surface area is 95.8 Å². The van der Waals surface area contributed by atoms with Crippen LogP contribution < -0.4 is 5.32 Å². The van der Waals surface area contributed by atoms with Gasteiger partial charge in [-0.3, -0.25) is 0 Å². The summed E-state index contributed by atoms with van der Waals surface area (Å²) in [6, 6.07) is 0. The summed E-state index contributed by atoms with van der Waals surface area (Å²) >= 11 is 0. The van der Waals surface area contributed by atoms with Crippen molar-refractivity contribution in [3.63, 3.8) is 0 Å². The molecule has 0 saturated carbocycles. The summed E-state index contributed by atoms with van der Waals surface area (Å²) in [6.07, 6.45) is 0. The molecule has 92 valence electrons. The van der Waals surface area contributed by atoms with Crippen LogP contribution >= 0.6 is 0 Å². The molecule has 0 radical (unpaired) electrons. The topological polar surface area (TPSA) is 21.3 Å². The zero-order valence-electron chi connectivity index (χ0n) is 11.4. The van der Waals surface area contributed by atoms with Crippen LogP contribution in [0.4, 0.5) is 0 Å². The van der Waals surface area contributed by atoms with Gasteiger partial charge in [0, 0.05) is 19.7 Å². The van der Waals surface area contributed by atoms with Crippen molar-refractivity contribution in [2.24, 2.45) is 17.3 Å². The van der Waals surface area contributed by atoms with Crippen molar-refractivity contribution < 1.29 is 4.74 Å². The highest BCUT2D eigenvalue weighted by atomic mass is 16.5. The molecule has 0 aromatic carbocycles. The van der Waals surface area contributed by atoms with Crippen LogP contribution in [0.5, 0.6) is 0 Å². The maximum absolute atomic E-state index is 5.51. The monoisotopic (exact) mass is 215 g/mol. The second-order valence-corrected chi connectivity index (χ2v) is 5.79. The standard InChI is InChI=1S/C13H29NO/c1-11(2)9-15-8-7-14-10-13(5,6)12(3)4/h11-12,14H,7-10H2,1-6H3. The molecule has 0 atom stereocenters. The predicted molar refractivity (Wildman–Crippen MR) is 67.1 cm³/mol. The van der Waals surface area contributed by atoms with Gasteiger partial charge >= 0.3 is 0 Å². The van der Waals surface area contributed by atoms with Crippen molar-refractivity contribution in [3.8, 4) is 0 Å². The van der Waals surface area contributed by atoms with E-state index in [4.69, 9.17) is 4.74 Å². The third kappa shape index (κ3) is 7.80. The molecule has 0 aromatic heterocycles. The van der Waals surface area contributed by atoms with Gasteiger partial charge in [0.1, 0.15) is 0 Å². The van der Waals surface area contributed by atoms with Crippen LogP contribution in [0.15, 0.2) is 0 Å². The van der Waals surface area contributed by atoms with Crippen LogP contribution in [0.3, 0.4) is 0 Å². The van der Waals surface area contributed by atoms with Gasteiger partial charge in [0.25, 0.3) is 0 Å². The fourth-order valence-corrected chi connectivity index (χ4v) is 1.08. The lowest BCUT2D eigenvalue weighted by molar-refractivity contribution is 0.108. The van der Waals surface area contributed by atoms with E-state index in [0.717, 1.165) is 26.3 Å². The molecule has 2 heteroatoms. The van der Waals surface area contributed by atoms with E-state index < -0.39 is 0 Å². The van der Waals surface area contributed by atoms with Crippen molar-refractivity contribution in [2.75, 3.05) is 26.3 Å². The second-order valence-electron chi connectivity index (χ2n) is 5.79. The zero-order chi connectivity index (χ0) is 11.9. The number of hydrogen-bond donors (Lipinski definition) is 1. The van der Waals surface area contributed by atoms with Gasteiger partial charge in [-0.15, -0.1) is 0 Å². The molecule has 0 aliphatic heterocycles. The van der Waals surface area contributed by atoms with Gasteiger partial charge in [-0.1, -0.05) is 41.5 Å². The van der Waals surface area contributed by atoms with Crippen LogP contribution in [0.2, 0.25) is 0 Å². The minimum atomic E-state index is 0.373. The van der Waals surface area contributed by atoms with E-state index >= 15 is 0 Å². The second kappa shape index (κ2) is 7.24. The van der Waals surface area contributed by atoms with E-state index in [9.17, 15) is 0 Å². The lowest BCUT2D eigenvalue weighted by Crippen LogP contribution is -2.35. The molecule has 0 rings (SSSR count). The summed E-state index contributed by atoms with van der Waals surface area (Å²) < 4.78 is 5.51. The first kappa shape index (κ1) is 14.9. The molecule has 0 heterocycles. The smallest absolute Gasteiger partial charge is 0.0591 e. The molecule has 0 fully saturated rings. The van der Waals surface area contributed by atoms with Gasteiger partial charge in [0.15, 0.2) is 0 Å². The van der Waals surface area contributed by atoms with E-state index in [0.29, 0.717) is 17.3 Å². The summed E-state index contributed by atoms with van der Waals surface area (Å²) in [4.78, 5) is 0. The largest absolute Gasteiger partial charge is 0.380 e. The highest BCUT2D eigenvalue weighted by molar-refractivity contribution is 4.74. The first-order chi connectivity index (χ1) is 6.86.